The van der Waals surface area contributed by atoms with Crippen LogP contribution in [0.15, 0.2) is 11.2 Å². The fraction of sp³-hybridized carbons (Fsp3) is 0.545. The zero-order valence-electron chi connectivity index (χ0n) is 8.52. The van der Waals surface area contributed by atoms with Gasteiger partial charge in [0.15, 0.2) is 11.6 Å². The topological polar surface area (TPSA) is 47.2 Å². The van der Waals surface area contributed by atoms with E-state index < -0.39 is 0 Å². The van der Waals surface area contributed by atoms with Crippen LogP contribution in [0.5, 0.6) is 0 Å². The van der Waals surface area contributed by atoms with Gasteiger partial charge in [0.05, 0.1) is 11.6 Å². The lowest BCUT2D eigenvalue weighted by molar-refractivity contribution is 0.100. The molecule has 1 aromatic heterocycles. The largest absolute Gasteiger partial charge is 0.294 e. The summed E-state index contributed by atoms with van der Waals surface area (Å²) in [4.78, 5) is 15.7. The van der Waals surface area contributed by atoms with Gasteiger partial charge in [0.25, 0.3) is 0 Å². The van der Waals surface area contributed by atoms with E-state index in [0.717, 1.165) is 0 Å². The number of carbonyl (C=O) groups excluding carboxylic acids is 1. The van der Waals surface area contributed by atoms with E-state index in [1.807, 2.05) is 10.9 Å². The van der Waals surface area contributed by atoms with E-state index in [0.29, 0.717) is 23.8 Å². The van der Waals surface area contributed by atoms with Crippen LogP contribution in [-0.4, -0.2) is 21.8 Å². The first-order chi connectivity index (χ1) is 7.34. The number of fused-ring (bicyclic) bond motifs is 1. The van der Waals surface area contributed by atoms with Crippen molar-refractivity contribution in [1.29, 1.82) is 0 Å². The van der Waals surface area contributed by atoms with Crippen molar-refractivity contribution in [2.75, 3.05) is 0 Å². The number of rotatable bonds is 1. The average Bonchev–Trinajstić information content (AvgIpc) is 2.86. The molecule has 4 nitrogen and oxygen atoms in total. The van der Waals surface area contributed by atoms with Crippen molar-refractivity contribution in [3.8, 4) is 0 Å². The molecule has 0 unspecified atom stereocenters. The molecule has 0 saturated heterocycles. The van der Waals surface area contributed by atoms with Crippen LogP contribution in [-0.2, 0) is 0 Å². The van der Waals surface area contributed by atoms with Gasteiger partial charge in [0.1, 0.15) is 0 Å². The van der Waals surface area contributed by atoms with Crippen LogP contribution in [0.1, 0.15) is 48.5 Å². The fourth-order valence-electron chi connectivity index (χ4n) is 2.36. The molecule has 15 heavy (non-hydrogen) atoms. The molecule has 78 valence electrons. The molecule has 3 rings (SSSR count). The molecular weight excluding hydrogens is 190 g/mol. The lowest BCUT2D eigenvalue weighted by atomic mass is 10.1. The molecule has 0 aromatic carbocycles. The third-order valence-corrected chi connectivity index (χ3v) is 3.20. The number of hydrogen-bond donors (Lipinski definition) is 0. The maximum atomic E-state index is 11.6. The summed E-state index contributed by atoms with van der Waals surface area (Å²) < 4.78 is 1.94. The van der Waals surface area contributed by atoms with Crippen molar-refractivity contribution in [2.24, 2.45) is 4.99 Å². The Morgan fingerprint density at radius 2 is 2.13 bits per heavy atom. The predicted octanol–water partition coefficient (Wildman–Crippen LogP) is 2.29. The Hall–Kier alpha value is -1.45. The van der Waals surface area contributed by atoms with Crippen molar-refractivity contribution in [3.05, 3.63) is 11.8 Å². The standard InChI is InChI=1S/C11H13N3O/c15-10-5-6-12-11-9(10)7-14(13-11)8-3-1-2-4-8/h6-8H,1-5H2. The molecule has 1 fully saturated rings. The second kappa shape index (κ2) is 3.29. The normalized spacial score (nSPS) is 20.9. The predicted molar refractivity (Wildman–Crippen MR) is 56.8 cm³/mol. The summed E-state index contributed by atoms with van der Waals surface area (Å²) in [6.45, 7) is 0. The highest BCUT2D eigenvalue weighted by Crippen LogP contribution is 2.31. The van der Waals surface area contributed by atoms with E-state index >= 15 is 0 Å². The summed E-state index contributed by atoms with van der Waals surface area (Å²) >= 11 is 0. The highest BCUT2D eigenvalue weighted by Gasteiger charge is 2.23. The van der Waals surface area contributed by atoms with Crippen molar-refractivity contribution < 1.29 is 4.79 Å². The molecule has 0 amide bonds. The van der Waals surface area contributed by atoms with Crippen LogP contribution in [0, 0.1) is 0 Å². The Bertz CT molecular complexity index is 427. The molecule has 2 aliphatic rings. The van der Waals surface area contributed by atoms with E-state index in [-0.39, 0.29) is 5.78 Å². The Morgan fingerprint density at radius 1 is 1.33 bits per heavy atom. The number of ketones is 1. The molecule has 0 bridgehead atoms. The van der Waals surface area contributed by atoms with E-state index in [2.05, 4.69) is 10.1 Å². The quantitative estimate of drug-likeness (QED) is 0.703. The first kappa shape index (κ1) is 8.83. The van der Waals surface area contributed by atoms with Gasteiger partial charge >= 0.3 is 0 Å². The van der Waals surface area contributed by atoms with E-state index in [1.54, 1.807) is 6.21 Å². The molecule has 2 heterocycles. The number of carbonyl (C=O) groups is 1. The zero-order valence-corrected chi connectivity index (χ0v) is 8.52. The molecule has 0 spiro atoms. The lowest BCUT2D eigenvalue weighted by Gasteiger charge is -2.07. The summed E-state index contributed by atoms with van der Waals surface area (Å²) in [5.74, 6) is 0.752. The molecule has 0 N–H and O–H groups in total. The van der Waals surface area contributed by atoms with Gasteiger partial charge in [-0.25, -0.2) is 4.99 Å². The summed E-state index contributed by atoms with van der Waals surface area (Å²) in [5, 5.41) is 4.38. The Labute approximate surface area is 88.0 Å². The van der Waals surface area contributed by atoms with Gasteiger partial charge in [0, 0.05) is 18.8 Å². The first-order valence-corrected chi connectivity index (χ1v) is 5.49. The molecule has 0 radical (unpaired) electrons. The molecule has 0 atom stereocenters. The van der Waals surface area contributed by atoms with Gasteiger partial charge in [-0.2, -0.15) is 5.10 Å². The minimum atomic E-state index is 0.143. The van der Waals surface area contributed by atoms with Crippen LogP contribution in [0.25, 0.3) is 0 Å². The lowest BCUT2D eigenvalue weighted by Crippen LogP contribution is -2.04. The summed E-state index contributed by atoms with van der Waals surface area (Å²) in [7, 11) is 0. The van der Waals surface area contributed by atoms with E-state index in [1.165, 1.54) is 25.7 Å². The number of aromatic nitrogens is 2. The summed E-state index contributed by atoms with van der Waals surface area (Å²) in [6, 6.07) is 0.485. The smallest absolute Gasteiger partial charge is 0.184 e. The average molecular weight is 203 g/mol. The van der Waals surface area contributed by atoms with Gasteiger partial charge in [-0.05, 0) is 12.8 Å². The number of hydrogen-bond acceptors (Lipinski definition) is 3. The van der Waals surface area contributed by atoms with Crippen LogP contribution < -0.4 is 0 Å². The maximum absolute atomic E-state index is 11.6. The van der Waals surface area contributed by atoms with Gasteiger partial charge in [-0.15, -0.1) is 0 Å². The Morgan fingerprint density at radius 3 is 2.87 bits per heavy atom. The van der Waals surface area contributed by atoms with Gasteiger partial charge in [-0.1, -0.05) is 12.8 Å². The second-order valence-electron chi connectivity index (χ2n) is 4.22. The number of nitrogens with zero attached hydrogens (tertiary/aromatic N) is 3. The molecule has 4 heteroatoms. The monoisotopic (exact) mass is 203 g/mol. The van der Waals surface area contributed by atoms with E-state index in [9.17, 15) is 4.79 Å². The van der Waals surface area contributed by atoms with Crippen LogP contribution in [0.2, 0.25) is 0 Å². The minimum absolute atomic E-state index is 0.143. The summed E-state index contributed by atoms with van der Waals surface area (Å²) in [5.41, 5.74) is 0.699. The van der Waals surface area contributed by atoms with Crippen molar-refractivity contribution >= 4 is 17.8 Å². The SMILES string of the molecule is O=C1CC=Nc2nn(C3CCCC3)cc21. The van der Waals surface area contributed by atoms with Crippen LogP contribution in [0.3, 0.4) is 0 Å². The third-order valence-electron chi connectivity index (χ3n) is 3.20. The third kappa shape index (κ3) is 1.40. The second-order valence-corrected chi connectivity index (χ2v) is 4.22. The first-order valence-electron chi connectivity index (χ1n) is 5.49. The van der Waals surface area contributed by atoms with Crippen molar-refractivity contribution in [1.82, 2.24) is 9.78 Å². The van der Waals surface area contributed by atoms with Crippen molar-refractivity contribution in [2.45, 2.75) is 38.1 Å². The fourth-order valence-corrected chi connectivity index (χ4v) is 2.36. The Kier molecular flexibility index (Phi) is 1.94. The molecular formula is C11H13N3O. The van der Waals surface area contributed by atoms with Gasteiger partial charge in [-0.3, -0.25) is 9.48 Å². The number of Topliss-reactive ketones (excluding diaryl/α,β-unsaturated/α-hetero) is 1. The molecule has 1 aliphatic carbocycles. The highest BCUT2D eigenvalue weighted by atomic mass is 16.1. The van der Waals surface area contributed by atoms with Crippen LogP contribution in [0.4, 0.5) is 5.82 Å². The molecule has 1 aliphatic heterocycles. The summed E-state index contributed by atoms with van der Waals surface area (Å²) in [6.07, 6.45) is 8.85. The van der Waals surface area contributed by atoms with Crippen molar-refractivity contribution in [3.63, 3.8) is 0 Å². The van der Waals surface area contributed by atoms with E-state index in [4.69, 9.17) is 0 Å². The highest BCUT2D eigenvalue weighted by molar-refractivity contribution is 6.09. The van der Waals surface area contributed by atoms with Gasteiger partial charge in [0.2, 0.25) is 0 Å². The van der Waals surface area contributed by atoms with Crippen LogP contribution >= 0.6 is 0 Å². The van der Waals surface area contributed by atoms with Gasteiger partial charge < -0.3 is 0 Å². The minimum Gasteiger partial charge on any atom is -0.294 e. The number of aliphatic imine (C=N–C) groups is 1. The molecule has 1 aromatic rings. The molecule has 1 saturated carbocycles. The zero-order chi connectivity index (χ0) is 10.3. The Balaban J connectivity index is 1.98. The maximum Gasteiger partial charge on any atom is 0.184 e.